The van der Waals surface area contributed by atoms with Gasteiger partial charge in [0.05, 0.1) is 18.8 Å². The van der Waals surface area contributed by atoms with Crippen LogP contribution in [0.25, 0.3) is 0 Å². The molecule has 0 unspecified atom stereocenters. The Hall–Kier alpha value is -1.35. The van der Waals surface area contributed by atoms with E-state index in [1.165, 1.54) is 18.4 Å². The van der Waals surface area contributed by atoms with E-state index in [1.807, 2.05) is 0 Å². The van der Waals surface area contributed by atoms with Crippen LogP contribution < -0.4 is 0 Å². The number of rotatable bonds is 5. The second kappa shape index (κ2) is 7.49. The highest BCUT2D eigenvalue weighted by Crippen LogP contribution is 2.37. The fourth-order valence-corrected chi connectivity index (χ4v) is 4.62. The van der Waals surface area contributed by atoms with Gasteiger partial charge >= 0.3 is 0 Å². The van der Waals surface area contributed by atoms with Crippen LogP contribution in [-0.4, -0.2) is 36.1 Å². The molecule has 1 aliphatic heterocycles. The van der Waals surface area contributed by atoms with Crippen molar-refractivity contribution in [3.8, 4) is 0 Å². The zero-order chi connectivity index (χ0) is 17.2. The number of benzene rings is 1. The van der Waals surface area contributed by atoms with Crippen molar-refractivity contribution in [2.75, 3.05) is 13.2 Å². The minimum atomic E-state index is 0.306. The predicted molar refractivity (Wildman–Crippen MR) is 99.4 cm³/mol. The quantitative estimate of drug-likeness (QED) is 0.795. The number of hydrogen-bond donors (Lipinski definition) is 0. The van der Waals surface area contributed by atoms with Gasteiger partial charge in [-0.1, -0.05) is 37.3 Å². The molecule has 3 fully saturated rings. The van der Waals surface area contributed by atoms with Gasteiger partial charge in [0, 0.05) is 12.5 Å². The van der Waals surface area contributed by atoms with Gasteiger partial charge < -0.3 is 9.64 Å². The molecule has 0 N–H and O–H groups in total. The van der Waals surface area contributed by atoms with Crippen LogP contribution in [0.1, 0.15) is 63.4 Å². The fraction of sp³-hybridized carbons (Fsp3) is 0.682. The topological polar surface area (TPSA) is 29.5 Å². The molecule has 0 bridgehead atoms. The molecule has 3 nitrogen and oxygen atoms in total. The SMILES string of the molecule is C[C@H]1CCN(C(=O)C2CC2)[C@H]1COC1CCC(c2ccccc2)CC1. The zero-order valence-electron chi connectivity index (χ0n) is 15.4. The molecule has 0 radical (unpaired) electrons. The molecule has 1 amide bonds. The van der Waals surface area contributed by atoms with Crippen molar-refractivity contribution >= 4 is 5.91 Å². The molecule has 25 heavy (non-hydrogen) atoms. The Balaban J connectivity index is 1.26. The standard InChI is InChI=1S/C22H31NO2/c1-16-13-14-23(22(24)19-7-8-19)21(16)15-25-20-11-9-18(10-12-20)17-5-3-2-4-6-17/h2-6,16,18-21H,7-15H2,1H3/t16-,18?,20?,21-/m0/s1. The smallest absolute Gasteiger partial charge is 0.226 e. The first-order valence-electron chi connectivity index (χ1n) is 10.2. The Labute approximate surface area is 151 Å². The zero-order valence-corrected chi connectivity index (χ0v) is 15.4. The monoisotopic (exact) mass is 341 g/mol. The Bertz CT molecular complexity index is 575. The molecule has 1 saturated heterocycles. The van der Waals surface area contributed by atoms with Gasteiger partial charge in [-0.3, -0.25) is 4.79 Å². The number of hydrogen-bond acceptors (Lipinski definition) is 2. The maximum atomic E-state index is 12.5. The van der Waals surface area contributed by atoms with E-state index in [1.54, 1.807) is 0 Å². The summed E-state index contributed by atoms with van der Waals surface area (Å²) >= 11 is 0. The minimum absolute atomic E-state index is 0.306. The molecule has 2 aliphatic carbocycles. The van der Waals surface area contributed by atoms with E-state index in [4.69, 9.17) is 4.74 Å². The first-order chi connectivity index (χ1) is 12.2. The summed E-state index contributed by atoms with van der Waals surface area (Å²) in [5, 5.41) is 0. The lowest BCUT2D eigenvalue weighted by Gasteiger charge is -2.32. The van der Waals surface area contributed by atoms with Crippen molar-refractivity contribution in [2.45, 2.75) is 69.9 Å². The van der Waals surface area contributed by atoms with Gasteiger partial charge in [0.15, 0.2) is 0 Å². The number of carbonyl (C=O) groups is 1. The molecule has 3 aliphatic rings. The lowest BCUT2D eigenvalue weighted by atomic mass is 9.83. The molecule has 3 heteroatoms. The third-order valence-electron chi connectivity index (χ3n) is 6.54. The Kier molecular flexibility index (Phi) is 5.12. The Morgan fingerprint density at radius 2 is 1.76 bits per heavy atom. The average Bonchev–Trinajstić information content (AvgIpc) is 3.44. The van der Waals surface area contributed by atoms with Crippen molar-refractivity contribution < 1.29 is 9.53 Å². The van der Waals surface area contributed by atoms with Crippen molar-refractivity contribution in [3.05, 3.63) is 35.9 Å². The number of ether oxygens (including phenoxy) is 1. The maximum absolute atomic E-state index is 12.5. The normalized spacial score (nSPS) is 32.8. The maximum Gasteiger partial charge on any atom is 0.226 e. The predicted octanol–water partition coefficient (Wildman–Crippen LogP) is 4.38. The van der Waals surface area contributed by atoms with Gasteiger partial charge in [0.2, 0.25) is 5.91 Å². The van der Waals surface area contributed by atoms with E-state index in [0.717, 1.165) is 45.3 Å². The van der Waals surface area contributed by atoms with Crippen molar-refractivity contribution in [1.29, 1.82) is 0 Å². The van der Waals surface area contributed by atoms with Gasteiger partial charge in [-0.15, -0.1) is 0 Å². The van der Waals surface area contributed by atoms with Crippen LogP contribution >= 0.6 is 0 Å². The molecule has 1 aromatic carbocycles. The Morgan fingerprint density at radius 1 is 1.04 bits per heavy atom. The lowest BCUT2D eigenvalue weighted by molar-refractivity contribution is -0.135. The number of likely N-dealkylation sites (tertiary alicyclic amines) is 1. The summed E-state index contributed by atoms with van der Waals surface area (Å²) in [6.07, 6.45) is 8.45. The molecule has 2 atom stereocenters. The molecule has 0 aromatic heterocycles. The highest BCUT2D eigenvalue weighted by atomic mass is 16.5. The average molecular weight is 341 g/mol. The highest BCUT2D eigenvalue weighted by molar-refractivity contribution is 5.81. The van der Waals surface area contributed by atoms with E-state index in [0.29, 0.717) is 35.8 Å². The second-order valence-corrected chi connectivity index (χ2v) is 8.36. The van der Waals surface area contributed by atoms with Crippen LogP contribution in [0.5, 0.6) is 0 Å². The number of carbonyl (C=O) groups excluding carboxylic acids is 1. The molecular weight excluding hydrogens is 310 g/mol. The molecule has 2 saturated carbocycles. The third kappa shape index (κ3) is 3.92. The molecule has 136 valence electrons. The summed E-state index contributed by atoms with van der Waals surface area (Å²) in [4.78, 5) is 14.6. The van der Waals surface area contributed by atoms with E-state index < -0.39 is 0 Å². The van der Waals surface area contributed by atoms with Crippen LogP contribution in [0.2, 0.25) is 0 Å². The van der Waals surface area contributed by atoms with Gasteiger partial charge in [-0.05, 0) is 62.3 Å². The minimum Gasteiger partial charge on any atom is -0.376 e. The van der Waals surface area contributed by atoms with Crippen molar-refractivity contribution in [2.24, 2.45) is 11.8 Å². The van der Waals surface area contributed by atoms with Gasteiger partial charge in [0.1, 0.15) is 0 Å². The van der Waals surface area contributed by atoms with Gasteiger partial charge in [0.25, 0.3) is 0 Å². The van der Waals surface area contributed by atoms with E-state index in [2.05, 4.69) is 42.2 Å². The van der Waals surface area contributed by atoms with E-state index in [9.17, 15) is 4.79 Å². The highest BCUT2D eigenvalue weighted by Gasteiger charge is 2.41. The summed E-state index contributed by atoms with van der Waals surface area (Å²) in [6.45, 7) is 3.95. The first kappa shape index (κ1) is 17.1. The summed E-state index contributed by atoms with van der Waals surface area (Å²) in [5.74, 6) is 1.99. The van der Waals surface area contributed by atoms with E-state index in [-0.39, 0.29) is 0 Å². The summed E-state index contributed by atoms with van der Waals surface area (Å²) in [7, 11) is 0. The summed E-state index contributed by atoms with van der Waals surface area (Å²) < 4.78 is 6.31. The van der Waals surface area contributed by atoms with Crippen LogP contribution in [-0.2, 0) is 9.53 Å². The molecular formula is C22H31NO2. The summed E-state index contributed by atoms with van der Waals surface area (Å²) in [5.41, 5.74) is 1.48. The molecule has 0 spiro atoms. The van der Waals surface area contributed by atoms with Gasteiger partial charge in [-0.25, -0.2) is 0 Å². The van der Waals surface area contributed by atoms with Gasteiger partial charge in [-0.2, -0.15) is 0 Å². The van der Waals surface area contributed by atoms with Crippen LogP contribution in [0.4, 0.5) is 0 Å². The van der Waals surface area contributed by atoms with Crippen LogP contribution in [0.15, 0.2) is 30.3 Å². The largest absolute Gasteiger partial charge is 0.376 e. The number of amides is 1. The lowest BCUT2D eigenvalue weighted by Crippen LogP contribution is -2.42. The molecule has 4 rings (SSSR count). The van der Waals surface area contributed by atoms with E-state index >= 15 is 0 Å². The number of nitrogens with zero attached hydrogens (tertiary/aromatic N) is 1. The first-order valence-corrected chi connectivity index (χ1v) is 10.2. The fourth-order valence-electron chi connectivity index (χ4n) is 4.62. The van der Waals surface area contributed by atoms with Crippen molar-refractivity contribution in [3.63, 3.8) is 0 Å². The molecule has 1 aromatic rings. The second-order valence-electron chi connectivity index (χ2n) is 8.36. The third-order valence-corrected chi connectivity index (χ3v) is 6.54. The van der Waals surface area contributed by atoms with Crippen LogP contribution in [0, 0.1) is 11.8 Å². The van der Waals surface area contributed by atoms with Crippen LogP contribution in [0.3, 0.4) is 0 Å². The Morgan fingerprint density at radius 3 is 2.44 bits per heavy atom. The van der Waals surface area contributed by atoms with Crippen molar-refractivity contribution in [1.82, 2.24) is 4.90 Å². The molecule has 1 heterocycles. The summed E-state index contributed by atoms with van der Waals surface area (Å²) in [6, 6.07) is 11.2.